The molecule has 2 heterocycles. The standard InChI is InChI=1S/C31H30BrN3O5S/c1-19(36)33-24-27(38)35-26(29(39)40-25(21-13-7-4-8-14-21)22-15-9-5-10-16-22)31(3,32)30(41-28(24)35)34(20(2)37)23-17-11-6-12-18-23/h4-18,24-26,28,30H,1-3H3,(H,33,36)/t24?,26?,28-,30?,31?/m1/s1. The van der Waals surface area contributed by atoms with Gasteiger partial charge < -0.3 is 15.0 Å². The van der Waals surface area contributed by atoms with Crippen molar-refractivity contribution in [3.63, 3.8) is 0 Å². The Kier molecular flexibility index (Phi) is 8.24. The van der Waals surface area contributed by atoms with Crippen molar-refractivity contribution in [2.45, 2.75) is 54.0 Å². The zero-order valence-electron chi connectivity index (χ0n) is 22.8. The van der Waals surface area contributed by atoms with Crippen LogP contribution in [-0.4, -0.2) is 55.7 Å². The fraction of sp³-hybridized carbons (Fsp3) is 0.290. The monoisotopic (exact) mass is 635 g/mol. The molecule has 0 saturated carbocycles. The Morgan fingerprint density at radius 2 is 1.44 bits per heavy atom. The maximum absolute atomic E-state index is 14.3. The Morgan fingerprint density at radius 1 is 0.927 bits per heavy atom. The highest BCUT2D eigenvalue weighted by molar-refractivity contribution is 9.10. The van der Waals surface area contributed by atoms with Crippen molar-refractivity contribution >= 4 is 57.1 Å². The van der Waals surface area contributed by atoms with Crippen LogP contribution in [-0.2, 0) is 23.9 Å². The molecular formula is C31H30BrN3O5S. The molecule has 10 heteroatoms. The fourth-order valence-corrected chi connectivity index (χ4v) is 8.11. The van der Waals surface area contributed by atoms with E-state index in [4.69, 9.17) is 4.74 Å². The number of ether oxygens (including phenoxy) is 1. The highest BCUT2D eigenvalue weighted by Gasteiger charge is 2.66. The van der Waals surface area contributed by atoms with Crippen LogP contribution in [0.25, 0.3) is 0 Å². The molecule has 4 unspecified atom stereocenters. The number of para-hydroxylation sites is 1. The third-order valence-electron chi connectivity index (χ3n) is 7.27. The second kappa shape index (κ2) is 11.7. The van der Waals surface area contributed by atoms with Gasteiger partial charge in [0.25, 0.3) is 0 Å². The van der Waals surface area contributed by atoms with E-state index in [9.17, 15) is 19.2 Å². The minimum absolute atomic E-state index is 0.229. The Hall–Kier alpha value is -3.63. The summed E-state index contributed by atoms with van der Waals surface area (Å²) in [5, 5.41) is 1.50. The summed E-state index contributed by atoms with van der Waals surface area (Å²) < 4.78 is 5.12. The van der Waals surface area contributed by atoms with Crippen molar-refractivity contribution in [2.24, 2.45) is 0 Å². The number of alkyl halides is 1. The Bertz CT molecular complexity index is 1400. The van der Waals surface area contributed by atoms with E-state index in [-0.39, 0.29) is 17.7 Å². The summed E-state index contributed by atoms with van der Waals surface area (Å²) in [6, 6.07) is 26.0. The highest BCUT2D eigenvalue weighted by atomic mass is 79.9. The number of anilines is 1. The van der Waals surface area contributed by atoms with E-state index in [2.05, 4.69) is 21.2 Å². The number of rotatable bonds is 7. The maximum atomic E-state index is 14.3. The van der Waals surface area contributed by atoms with Crippen LogP contribution in [0.1, 0.15) is 38.0 Å². The minimum Gasteiger partial charge on any atom is -0.451 e. The number of hydrogen-bond donors (Lipinski definition) is 1. The first-order valence-electron chi connectivity index (χ1n) is 13.2. The predicted molar refractivity (Wildman–Crippen MR) is 161 cm³/mol. The second-order valence-electron chi connectivity index (χ2n) is 10.2. The topological polar surface area (TPSA) is 96.0 Å². The molecule has 0 bridgehead atoms. The van der Waals surface area contributed by atoms with Crippen LogP contribution in [0, 0.1) is 0 Å². The molecule has 3 amide bonds. The number of fused-ring (bicyclic) bond motifs is 1. The molecule has 0 aromatic heterocycles. The number of halogens is 1. The molecule has 2 aliphatic rings. The molecule has 8 nitrogen and oxygen atoms in total. The highest BCUT2D eigenvalue weighted by Crippen LogP contribution is 2.52. The number of carbonyl (C=O) groups excluding carboxylic acids is 4. The van der Waals surface area contributed by atoms with Crippen LogP contribution < -0.4 is 10.2 Å². The number of amides is 3. The van der Waals surface area contributed by atoms with Crippen LogP contribution in [0.15, 0.2) is 91.0 Å². The van der Waals surface area contributed by atoms with E-state index in [1.165, 1.54) is 30.5 Å². The zero-order chi connectivity index (χ0) is 29.3. The van der Waals surface area contributed by atoms with Crippen LogP contribution >= 0.6 is 27.7 Å². The van der Waals surface area contributed by atoms with Crippen LogP contribution in [0.2, 0.25) is 0 Å². The summed E-state index contributed by atoms with van der Waals surface area (Å²) in [6.07, 6.45) is -0.722. The summed E-state index contributed by atoms with van der Waals surface area (Å²) in [5.41, 5.74) is 2.21. The van der Waals surface area contributed by atoms with Crippen LogP contribution in [0.4, 0.5) is 5.69 Å². The molecule has 2 saturated heterocycles. The van der Waals surface area contributed by atoms with Crippen molar-refractivity contribution < 1.29 is 23.9 Å². The number of β-lactam (4-membered cyclic amide) rings is 1. The average molecular weight is 637 g/mol. The molecule has 2 aliphatic heterocycles. The summed E-state index contributed by atoms with van der Waals surface area (Å²) >= 11 is 5.14. The predicted octanol–water partition coefficient (Wildman–Crippen LogP) is 4.64. The maximum Gasteiger partial charge on any atom is 0.331 e. The largest absolute Gasteiger partial charge is 0.451 e. The summed E-state index contributed by atoms with van der Waals surface area (Å²) in [6.45, 7) is 4.61. The molecule has 3 aromatic rings. The van der Waals surface area contributed by atoms with Gasteiger partial charge in [-0.3, -0.25) is 19.3 Å². The molecule has 5 rings (SSSR count). The van der Waals surface area contributed by atoms with E-state index in [1.54, 1.807) is 11.8 Å². The lowest BCUT2D eigenvalue weighted by Crippen LogP contribution is -2.80. The van der Waals surface area contributed by atoms with Gasteiger partial charge in [-0.05, 0) is 30.2 Å². The summed E-state index contributed by atoms with van der Waals surface area (Å²) in [4.78, 5) is 55.8. The summed E-state index contributed by atoms with van der Waals surface area (Å²) in [5.74, 6) is -1.59. The van der Waals surface area contributed by atoms with Gasteiger partial charge in [-0.15, -0.1) is 11.8 Å². The van der Waals surface area contributed by atoms with Gasteiger partial charge in [0.1, 0.15) is 22.8 Å². The smallest absolute Gasteiger partial charge is 0.331 e. The van der Waals surface area contributed by atoms with E-state index < -0.39 is 39.2 Å². The number of carbonyl (C=O) groups is 4. The molecule has 2 fully saturated rings. The third-order valence-corrected chi connectivity index (χ3v) is 10.2. The number of nitrogens with one attached hydrogen (secondary N) is 1. The molecule has 3 aromatic carbocycles. The number of esters is 1. The number of benzene rings is 3. The van der Waals surface area contributed by atoms with Gasteiger partial charge >= 0.3 is 5.97 Å². The van der Waals surface area contributed by atoms with Gasteiger partial charge in [0.2, 0.25) is 17.7 Å². The molecule has 212 valence electrons. The number of thioether (sulfide) groups is 1. The lowest BCUT2D eigenvalue weighted by Gasteiger charge is -2.60. The first-order chi connectivity index (χ1) is 19.6. The first kappa shape index (κ1) is 28.9. The van der Waals surface area contributed by atoms with Gasteiger partial charge in [-0.2, -0.15) is 0 Å². The van der Waals surface area contributed by atoms with Gasteiger partial charge in [-0.1, -0.05) is 94.8 Å². The quantitative estimate of drug-likeness (QED) is 0.231. The average Bonchev–Trinajstić information content (AvgIpc) is 2.96. The molecular weight excluding hydrogens is 606 g/mol. The molecule has 1 N–H and O–H groups in total. The molecule has 0 radical (unpaired) electrons. The van der Waals surface area contributed by atoms with E-state index in [0.717, 1.165) is 11.1 Å². The van der Waals surface area contributed by atoms with Crippen molar-refractivity contribution in [2.75, 3.05) is 4.90 Å². The van der Waals surface area contributed by atoms with Gasteiger partial charge in [-0.25, -0.2) is 4.79 Å². The first-order valence-corrected chi connectivity index (χ1v) is 14.9. The van der Waals surface area contributed by atoms with E-state index in [1.807, 2.05) is 91.0 Å². The van der Waals surface area contributed by atoms with Gasteiger partial charge in [0, 0.05) is 19.5 Å². The zero-order valence-corrected chi connectivity index (χ0v) is 25.2. The van der Waals surface area contributed by atoms with E-state index in [0.29, 0.717) is 5.69 Å². The van der Waals surface area contributed by atoms with E-state index >= 15 is 0 Å². The van der Waals surface area contributed by atoms with Gasteiger partial charge in [0.15, 0.2) is 6.10 Å². The Morgan fingerprint density at radius 3 is 1.93 bits per heavy atom. The minimum atomic E-state index is -1.12. The molecule has 0 spiro atoms. The number of hydrogen-bond acceptors (Lipinski definition) is 6. The Balaban J connectivity index is 1.56. The molecule has 41 heavy (non-hydrogen) atoms. The van der Waals surface area contributed by atoms with Crippen LogP contribution in [0.3, 0.4) is 0 Å². The number of nitrogens with zero attached hydrogens (tertiary/aromatic N) is 2. The van der Waals surface area contributed by atoms with Crippen molar-refractivity contribution in [1.82, 2.24) is 10.2 Å². The lowest BCUT2D eigenvalue weighted by atomic mass is 9.91. The second-order valence-corrected chi connectivity index (χ2v) is 13.1. The Labute approximate surface area is 251 Å². The fourth-order valence-electron chi connectivity index (χ4n) is 5.42. The van der Waals surface area contributed by atoms with Crippen molar-refractivity contribution in [3.8, 4) is 0 Å². The molecule has 5 atom stereocenters. The van der Waals surface area contributed by atoms with Crippen molar-refractivity contribution in [1.29, 1.82) is 0 Å². The SMILES string of the molecule is CC(=O)NC1C(=O)N2C(C(=O)OC(c3ccccc3)c3ccccc3)C(C)(Br)C(N(C(C)=O)c3ccccc3)S[C@H]12. The normalized spacial score (nSPS) is 25.1. The van der Waals surface area contributed by atoms with Gasteiger partial charge in [0.05, 0.1) is 4.32 Å². The van der Waals surface area contributed by atoms with Crippen molar-refractivity contribution in [3.05, 3.63) is 102 Å². The third kappa shape index (κ3) is 5.50. The molecule has 0 aliphatic carbocycles. The van der Waals surface area contributed by atoms with Crippen LogP contribution in [0.5, 0.6) is 0 Å². The summed E-state index contributed by atoms with van der Waals surface area (Å²) in [7, 11) is 0. The lowest BCUT2D eigenvalue weighted by molar-refractivity contribution is -0.169.